The molecule has 1 N–H and O–H groups in total. The van der Waals surface area contributed by atoms with E-state index in [0.717, 1.165) is 24.6 Å². The summed E-state index contributed by atoms with van der Waals surface area (Å²) in [6.45, 7) is 10.2. The number of aliphatic hydroxyl groups is 1. The van der Waals surface area contributed by atoms with Crippen LogP contribution in [0.5, 0.6) is 0 Å². The molecule has 1 spiro atoms. The van der Waals surface area contributed by atoms with Gasteiger partial charge in [-0.25, -0.2) is 0 Å². The van der Waals surface area contributed by atoms with Crippen LogP contribution < -0.4 is 0 Å². The molecule has 2 saturated heterocycles. The summed E-state index contributed by atoms with van der Waals surface area (Å²) in [6, 6.07) is 0. The molecule has 5 aliphatic carbocycles. The average Bonchev–Trinajstić information content (AvgIpc) is 3.06. The van der Waals surface area contributed by atoms with E-state index in [9.17, 15) is 5.11 Å². The van der Waals surface area contributed by atoms with E-state index >= 15 is 0 Å². The lowest BCUT2D eigenvalue weighted by Crippen LogP contribution is -2.73. The van der Waals surface area contributed by atoms with E-state index in [2.05, 4.69) is 18.4 Å². The van der Waals surface area contributed by atoms with Crippen LogP contribution >= 0.6 is 0 Å². The molecular weight excluding hydrogens is 310 g/mol. The monoisotopic (exact) mass is 343 g/mol. The molecule has 7 fully saturated rings. The number of rotatable bonds is 0. The lowest BCUT2D eigenvalue weighted by atomic mass is 9.34. The van der Waals surface area contributed by atoms with Crippen LogP contribution in [0.15, 0.2) is 12.2 Å². The minimum atomic E-state index is -0.259. The highest BCUT2D eigenvalue weighted by Gasteiger charge is 2.73. The standard InChI is InChI=1S/C22H33NO2/c1-14-15-4-8-21(18(14)24)9-5-16-20(2)6-3-7-22(16,17(21)12-15)19-23(13-20)10-11-25-19/h15-19,24H,1,3-13H2,2H3/t15-,16-,17-,18+,19?,20-,21-,22-/m0/s1. The number of nitrogens with zero attached hydrogens (tertiary/aromatic N) is 1. The normalized spacial score (nSPS) is 60.1. The molecule has 3 nitrogen and oxygen atoms in total. The quantitative estimate of drug-likeness (QED) is 0.683. The maximum absolute atomic E-state index is 11.3. The molecule has 2 aliphatic heterocycles. The van der Waals surface area contributed by atoms with Gasteiger partial charge in [0, 0.05) is 23.9 Å². The Labute approximate surface area is 151 Å². The van der Waals surface area contributed by atoms with Crippen molar-refractivity contribution in [3.05, 3.63) is 12.2 Å². The molecule has 25 heavy (non-hydrogen) atoms. The molecular formula is C22H33NO2. The third-order valence-electron chi connectivity index (χ3n) is 10.00. The van der Waals surface area contributed by atoms with Crippen LogP contribution in [-0.4, -0.2) is 42.0 Å². The second-order valence-corrected chi connectivity index (χ2v) is 10.6. The number of aliphatic hydroxyl groups excluding tert-OH is 1. The molecule has 0 aromatic heterocycles. The van der Waals surface area contributed by atoms with Crippen LogP contribution in [0.2, 0.25) is 0 Å². The Morgan fingerprint density at radius 3 is 2.88 bits per heavy atom. The Bertz CT molecular complexity index is 634. The smallest absolute Gasteiger partial charge is 0.117 e. The van der Waals surface area contributed by atoms with Crippen molar-refractivity contribution in [3.63, 3.8) is 0 Å². The van der Waals surface area contributed by atoms with Gasteiger partial charge in [0.1, 0.15) is 6.23 Å². The molecule has 4 bridgehead atoms. The molecule has 5 saturated carbocycles. The van der Waals surface area contributed by atoms with Crippen molar-refractivity contribution >= 4 is 0 Å². The van der Waals surface area contributed by atoms with Gasteiger partial charge in [-0.15, -0.1) is 0 Å². The van der Waals surface area contributed by atoms with Gasteiger partial charge in [0.2, 0.25) is 0 Å². The topological polar surface area (TPSA) is 32.7 Å². The first kappa shape index (κ1) is 15.7. The molecule has 2 heterocycles. The summed E-state index contributed by atoms with van der Waals surface area (Å²) in [5, 5.41) is 11.3. The first-order valence-corrected chi connectivity index (χ1v) is 10.7. The first-order chi connectivity index (χ1) is 12.0. The molecule has 1 unspecified atom stereocenters. The molecule has 0 aromatic carbocycles. The molecule has 0 radical (unpaired) electrons. The predicted octanol–water partition coefficient (Wildman–Crippen LogP) is 3.58. The predicted molar refractivity (Wildman–Crippen MR) is 96.8 cm³/mol. The summed E-state index contributed by atoms with van der Waals surface area (Å²) in [5.41, 5.74) is 2.02. The molecule has 0 amide bonds. The number of piperidine rings is 1. The van der Waals surface area contributed by atoms with Crippen LogP contribution in [-0.2, 0) is 4.74 Å². The van der Waals surface area contributed by atoms with Crippen molar-refractivity contribution in [1.82, 2.24) is 4.90 Å². The Hall–Kier alpha value is -0.380. The lowest BCUT2D eigenvalue weighted by molar-refractivity contribution is -0.290. The Kier molecular flexibility index (Phi) is 2.95. The van der Waals surface area contributed by atoms with Gasteiger partial charge in [-0.2, -0.15) is 0 Å². The number of ether oxygens (including phenoxy) is 1. The van der Waals surface area contributed by atoms with Gasteiger partial charge in [0.15, 0.2) is 0 Å². The van der Waals surface area contributed by atoms with Crippen molar-refractivity contribution < 1.29 is 9.84 Å². The summed E-state index contributed by atoms with van der Waals surface area (Å²) in [7, 11) is 0. The summed E-state index contributed by atoms with van der Waals surface area (Å²) < 4.78 is 6.49. The Balaban J connectivity index is 1.53. The van der Waals surface area contributed by atoms with E-state index < -0.39 is 0 Å². The van der Waals surface area contributed by atoms with E-state index in [0.29, 0.717) is 28.9 Å². The SMILES string of the molecule is C=C1[C@H]2CC[C@@]3(CC[C@H]4[C@@]5(C)CCC[C@@]4(C4OCCN4C5)[C@H]3C2)[C@@H]1O. The number of hydrogen-bond acceptors (Lipinski definition) is 3. The summed E-state index contributed by atoms with van der Waals surface area (Å²) in [4.78, 5) is 2.69. The van der Waals surface area contributed by atoms with Crippen molar-refractivity contribution in [3.8, 4) is 0 Å². The van der Waals surface area contributed by atoms with Gasteiger partial charge in [0.05, 0.1) is 12.7 Å². The largest absolute Gasteiger partial charge is 0.388 e. The van der Waals surface area contributed by atoms with Gasteiger partial charge in [-0.1, -0.05) is 19.9 Å². The van der Waals surface area contributed by atoms with E-state index in [4.69, 9.17) is 4.74 Å². The summed E-state index contributed by atoms with van der Waals surface area (Å²) >= 11 is 0. The molecule has 0 aromatic rings. The van der Waals surface area contributed by atoms with E-state index in [1.54, 1.807) is 0 Å². The zero-order valence-electron chi connectivity index (χ0n) is 15.7. The molecule has 7 rings (SSSR count). The molecule has 3 heteroatoms. The zero-order valence-corrected chi connectivity index (χ0v) is 15.7. The third kappa shape index (κ3) is 1.62. The highest BCUT2D eigenvalue weighted by atomic mass is 16.5. The van der Waals surface area contributed by atoms with E-state index in [1.165, 1.54) is 57.9 Å². The number of fused-ring (bicyclic) bond motifs is 3. The van der Waals surface area contributed by atoms with Gasteiger partial charge in [0.25, 0.3) is 0 Å². The van der Waals surface area contributed by atoms with Crippen molar-refractivity contribution in [2.24, 2.45) is 34.0 Å². The average molecular weight is 344 g/mol. The van der Waals surface area contributed by atoms with Gasteiger partial charge < -0.3 is 9.84 Å². The van der Waals surface area contributed by atoms with E-state index in [1.807, 2.05) is 0 Å². The minimum absolute atomic E-state index is 0.107. The Morgan fingerprint density at radius 2 is 2.00 bits per heavy atom. The summed E-state index contributed by atoms with van der Waals surface area (Å²) in [6.07, 6.45) is 10.4. The highest BCUT2D eigenvalue weighted by Crippen LogP contribution is 2.75. The molecule has 138 valence electrons. The summed E-state index contributed by atoms with van der Waals surface area (Å²) in [5.74, 6) is 1.99. The maximum atomic E-state index is 11.3. The van der Waals surface area contributed by atoms with Gasteiger partial charge >= 0.3 is 0 Å². The van der Waals surface area contributed by atoms with Crippen LogP contribution in [0.25, 0.3) is 0 Å². The van der Waals surface area contributed by atoms with E-state index in [-0.39, 0.29) is 11.5 Å². The maximum Gasteiger partial charge on any atom is 0.117 e. The second-order valence-electron chi connectivity index (χ2n) is 10.6. The van der Waals surface area contributed by atoms with Crippen molar-refractivity contribution in [1.29, 1.82) is 0 Å². The van der Waals surface area contributed by atoms with Crippen LogP contribution in [0, 0.1) is 34.0 Å². The number of hydrogen-bond donors (Lipinski definition) is 1. The fraction of sp³-hybridized carbons (Fsp3) is 0.909. The molecule has 7 aliphatic rings. The van der Waals surface area contributed by atoms with Crippen LogP contribution in [0.3, 0.4) is 0 Å². The third-order valence-corrected chi connectivity index (χ3v) is 10.00. The fourth-order valence-corrected chi connectivity index (χ4v) is 9.23. The highest BCUT2D eigenvalue weighted by molar-refractivity contribution is 5.28. The van der Waals surface area contributed by atoms with Crippen LogP contribution in [0.1, 0.15) is 58.3 Å². The lowest BCUT2D eigenvalue weighted by Gasteiger charge is -2.73. The van der Waals surface area contributed by atoms with Crippen molar-refractivity contribution in [2.75, 3.05) is 19.7 Å². The molecule has 8 atom stereocenters. The Morgan fingerprint density at radius 1 is 1.16 bits per heavy atom. The first-order valence-electron chi connectivity index (χ1n) is 10.7. The second kappa shape index (κ2) is 4.72. The fourth-order valence-electron chi connectivity index (χ4n) is 9.23. The minimum Gasteiger partial charge on any atom is -0.388 e. The van der Waals surface area contributed by atoms with Gasteiger partial charge in [-0.05, 0) is 73.7 Å². The van der Waals surface area contributed by atoms with Crippen LogP contribution in [0.4, 0.5) is 0 Å². The zero-order chi connectivity index (χ0) is 17.0. The van der Waals surface area contributed by atoms with Crippen molar-refractivity contribution in [2.45, 2.75) is 70.6 Å². The van der Waals surface area contributed by atoms with Gasteiger partial charge in [-0.3, -0.25) is 4.90 Å².